The first kappa shape index (κ1) is 40.7. The molecule has 1 N–H and O–H groups in total. The fraction of sp³-hybridized carbons (Fsp3) is 0.278. The summed E-state index contributed by atoms with van der Waals surface area (Å²) in [6.45, 7) is -0.322. The van der Waals surface area contributed by atoms with Gasteiger partial charge in [-0.25, -0.2) is 0 Å². The minimum absolute atomic E-state index is 0.203. The van der Waals surface area contributed by atoms with Crippen molar-refractivity contribution in [2.75, 3.05) is 18.7 Å². The third-order valence-corrected chi connectivity index (χ3v) is 7.99. The van der Waals surface area contributed by atoms with Crippen molar-refractivity contribution in [2.45, 2.75) is 44.6 Å². The fourth-order valence-corrected chi connectivity index (χ4v) is 5.03. The lowest BCUT2D eigenvalue weighted by Gasteiger charge is -2.09. The van der Waals surface area contributed by atoms with E-state index in [9.17, 15) is 35.1 Å². The lowest BCUT2D eigenvalue weighted by Crippen LogP contribution is -2.04. The molecule has 8 nitrogen and oxygen atoms in total. The lowest BCUT2D eigenvalue weighted by molar-refractivity contribution is -0.138. The first-order chi connectivity index (χ1) is 25.4. The van der Waals surface area contributed by atoms with Gasteiger partial charge in [-0.1, -0.05) is 88.7 Å². The second kappa shape index (κ2) is 19.7. The zero-order valence-corrected chi connectivity index (χ0v) is 29.5. The summed E-state index contributed by atoms with van der Waals surface area (Å²) in [5, 5.41) is 26.7. The molecule has 0 aliphatic heterocycles. The zero-order valence-electron chi connectivity index (χ0n) is 27.9. The number of aryl methyl sites for hydroxylation is 1. The maximum atomic E-state index is 12.7. The van der Waals surface area contributed by atoms with Crippen molar-refractivity contribution < 1.29 is 35.1 Å². The molecule has 4 aromatic carbocycles. The van der Waals surface area contributed by atoms with Crippen LogP contribution in [0.5, 0.6) is 0 Å². The van der Waals surface area contributed by atoms with Crippen molar-refractivity contribution in [3.63, 3.8) is 0 Å². The summed E-state index contributed by atoms with van der Waals surface area (Å²) in [4.78, 5) is 1.34. The van der Waals surface area contributed by atoms with Gasteiger partial charge in [0, 0.05) is 16.5 Å². The van der Waals surface area contributed by atoms with E-state index in [-0.39, 0.29) is 6.67 Å². The number of hydrogen-bond donors (Lipinski definition) is 1. The van der Waals surface area contributed by atoms with E-state index in [1.807, 2.05) is 48.5 Å². The van der Waals surface area contributed by atoms with E-state index in [0.717, 1.165) is 63.0 Å². The van der Waals surface area contributed by atoms with Gasteiger partial charge in [-0.2, -0.15) is 36.4 Å². The predicted molar refractivity (Wildman–Crippen MR) is 186 cm³/mol. The molecule has 2 aromatic heterocycles. The molecule has 0 unspecified atom stereocenters. The van der Waals surface area contributed by atoms with Crippen LogP contribution in [0.25, 0.3) is 22.8 Å². The number of hydrogen-bond acceptors (Lipinski definition) is 6. The number of aromatic nitrogens is 8. The Balaban J connectivity index is 0.000000212. The molecule has 0 aliphatic rings. The number of alkyl halides is 9. The molecule has 0 spiro atoms. The van der Waals surface area contributed by atoms with Crippen LogP contribution in [0.2, 0.25) is 0 Å². The molecule has 0 saturated heterocycles. The monoisotopic (exact) mass is 808 g/mol. The van der Waals surface area contributed by atoms with Crippen molar-refractivity contribution in [1.82, 2.24) is 40.8 Å². The van der Waals surface area contributed by atoms with Crippen molar-refractivity contribution in [3.05, 3.63) is 130 Å². The Morgan fingerprint density at radius 3 is 1.51 bits per heavy atom. The molecule has 0 fully saturated rings. The van der Waals surface area contributed by atoms with Crippen LogP contribution < -0.4 is 0 Å². The van der Waals surface area contributed by atoms with E-state index in [1.54, 1.807) is 0 Å². The van der Waals surface area contributed by atoms with Gasteiger partial charge in [0.25, 0.3) is 0 Å². The first-order valence-corrected chi connectivity index (χ1v) is 17.2. The number of tetrazole rings is 2. The molecule has 2 heterocycles. The van der Waals surface area contributed by atoms with Crippen LogP contribution in [-0.4, -0.2) is 59.5 Å². The van der Waals surface area contributed by atoms with E-state index < -0.39 is 30.2 Å². The van der Waals surface area contributed by atoms with Gasteiger partial charge in [0.05, 0.1) is 31.0 Å². The quantitative estimate of drug-likeness (QED) is 0.104. The highest BCUT2D eigenvalue weighted by molar-refractivity contribution is 9.09. The minimum atomic E-state index is -4.35. The molecule has 53 heavy (non-hydrogen) atoms. The second-order valence-corrected chi connectivity index (χ2v) is 12.1. The average molecular weight is 810 g/mol. The maximum absolute atomic E-state index is 12.7. The Bertz CT molecular complexity index is 1940. The molecule has 17 heteroatoms. The van der Waals surface area contributed by atoms with Crippen LogP contribution in [-0.2, 0) is 31.7 Å². The number of rotatable bonds is 11. The summed E-state index contributed by atoms with van der Waals surface area (Å²) in [6.07, 6.45) is -6.79. The lowest BCUT2D eigenvalue weighted by atomic mass is 9.98. The van der Waals surface area contributed by atoms with E-state index in [2.05, 4.69) is 52.0 Å². The van der Waals surface area contributed by atoms with Gasteiger partial charge in [0.2, 0.25) is 11.6 Å². The maximum Gasteiger partial charge on any atom is 0.416 e. The predicted octanol–water partition coefficient (Wildman–Crippen LogP) is 9.53. The number of nitrogens with one attached hydrogen (secondary N) is 1. The summed E-state index contributed by atoms with van der Waals surface area (Å²) in [5.74, 6) is 0.869. The smallest absolute Gasteiger partial charge is 0.251 e. The molecule has 0 atom stereocenters. The van der Waals surface area contributed by atoms with Crippen LogP contribution in [0.4, 0.5) is 35.1 Å². The standard InChI is InChI=1S/C18H16F4N4.C15H11F3N4.C3H6BrF/c19-10-3-11-26-24-17(23-25-26)16-5-2-1-4-14(16)12-13-6-8-15(9-7-13)18(20,21)22;16-15(17,18)12-7-5-10(6-8-12)9-11-3-1-2-4-13(11)14-19-21-22-20-14;4-2-1-3-5/h1-2,4-9H,3,10-12H2;1-8H,9H2,(H,19,20,21,22);1-3H2. The molecule has 6 aromatic rings. The van der Waals surface area contributed by atoms with Crippen LogP contribution in [0.1, 0.15) is 46.2 Å². The highest BCUT2D eigenvalue weighted by Crippen LogP contribution is 2.31. The summed E-state index contributed by atoms with van der Waals surface area (Å²) >= 11 is 3.07. The van der Waals surface area contributed by atoms with E-state index in [4.69, 9.17) is 0 Å². The van der Waals surface area contributed by atoms with E-state index >= 15 is 0 Å². The number of halogens is 9. The number of H-pyrrole nitrogens is 1. The Hall–Kier alpha value is -5.06. The van der Waals surface area contributed by atoms with Crippen molar-refractivity contribution in [1.29, 1.82) is 0 Å². The van der Waals surface area contributed by atoms with Crippen LogP contribution in [0.15, 0.2) is 97.1 Å². The van der Waals surface area contributed by atoms with Crippen LogP contribution >= 0.6 is 15.9 Å². The molecule has 280 valence electrons. The zero-order chi connectivity index (χ0) is 38.3. The fourth-order valence-electron chi connectivity index (χ4n) is 4.82. The number of nitrogens with zero attached hydrogens (tertiary/aromatic N) is 7. The molecule has 0 bridgehead atoms. The highest BCUT2D eigenvalue weighted by Gasteiger charge is 2.30. The number of aromatic amines is 1. The highest BCUT2D eigenvalue weighted by atomic mass is 79.9. The molecular formula is C36H33BrF8N8. The van der Waals surface area contributed by atoms with Gasteiger partial charge < -0.3 is 0 Å². The Kier molecular flexibility index (Phi) is 15.1. The summed E-state index contributed by atoms with van der Waals surface area (Å²) < 4.78 is 98.9. The number of benzene rings is 4. The van der Waals surface area contributed by atoms with Crippen molar-refractivity contribution in [2.24, 2.45) is 0 Å². The third kappa shape index (κ3) is 12.5. The average Bonchev–Trinajstić information content (AvgIpc) is 3.85. The third-order valence-electron chi connectivity index (χ3n) is 7.43. The van der Waals surface area contributed by atoms with E-state index in [0.29, 0.717) is 43.9 Å². The first-order valence-electron chi connectivity index (χ1n) is 16.1. The topological polar surface area (TPSA) is 98.1 Å². The molecular weight excluding hydrogens is 776 g/mol. The second-order valence-electron chi connectivity index (χ2n) is 11.3. The Labute approximate surface area is 307 Å². The molecule has 0 aliphatic carbocycles. The van der Waals surface area contributed by atoms with Crippen molar-refractivity contribution >= 4 is 15.9 Å². The summed E-state index contributed by atoms with van der Waals surface area (Å²) in [5.41, 5.74) is 3.55. The van der Waals surface area contributed by atoms with Crippen molar-refractivity contribution in [3.8, 4) is 22.8 Å². The SMILES string of the molecule is FC(F)(F)c1ccc(Cc2ccccc2-c2nn[nH]n2)cc1.FCCCBr.FCCCn1nnc(-c2ccccc2Cc2ccc(C(F)(F)F)cc2)n1. The molecule has 0 saturated carbocycles. The van der Waals surface area contributed by atoms with Gasteiger partial charge in [-0.3, -0.25) is 8.78 Å². The van der Waals surface area contributed by atoms with Gasteiger partial charge >= 0.3 is 12.4 Å². The minimum Gasteiger partial charge on any atom is -0.251 e. The van der Waals surface area contributed by atoms with Gasteiger partial charge in [0.15, 0.2) is 0 Å². The normalized spacial score (nSPS) is 11.3. The summed E-state index contributed by atoms with van der Waals surface area (Å²) in [7, 11) is 0. The largest absolute Gasteiger partial charge is 0.416 e. The Morgan fingerprint density at radius 2 is 1.09 bits per heavy atom. The molecule has 0 amide bonds. The van der Waals surface area contributed by atoms with Crippen LogP contribution in [0.3, 0.4) is 0 Å². The summed E-state index contributed by atoms with van der Waals surface area (Å²) in [6, 6.07) is 25.0. The van der Waals surface area contributed by atoms with Gasteiger partial charge in [-0.15, -0.1) is 20.4 Å². The van der Waals surface area contributed by atoms with Crippen LogP contribution in [0, 0.1) is 0 Å². The van der Waals surface area contributed by atoms with Gasteiger partial charge in [-0.05, 0) is 82.6 Å². The van der Waals surface area contributed by atoms with Gasteiger partial charge in [0.1, 0.15) is 0 Å². The Morgan fingerprint density at radius 1 is 0.604 bits per heavy atom. The molecule has 6 rings (SSSR count). The van der Waals surface area contributed by atoms with E-state index in [1.165, 1.54) is 29.1 Å². The molecule has 0 radical (unpaired) electrons.